The van der Waals surface area contributed by atoms with E-state index in [2.05, 4.69) is 5.32 Å². The van der Waals surface area contributed by atoms with Gasteiger partial charge in [-0.2, -0.15) is 13.2 Å². The van der Waals surface area contributed by atoms with Crippen LogP contribution in [0.1, 0.15) is 19.8 Å². The van der Waals surface area contributed by atoms with E-state index in [-0.39, 0.29) is 13.0 Å². The molecule has 2 atom stereocenters. The molecule has 1 rings (SSSR count). The van der Waals surface area contributed by atoms with E-state index in [1.54, 1.807) is 0 Å². The number of hydrogen-bond donors (Lipinski definition) is 2. The third kappa shape index (κ3) is 1.96. The Morgan fingerprint density at radius 1 is 1.46 bits per heavy atom. The molecule has 5 heteroatoms. The molecule has 2 N–H and O–H groups in total. The molecule has 2 nitrogen and oxygen atoms in total. The highest BCUT2D eigenvalue weighted by Gasteiger charge is 2.56. The molecule has 13 heavy (non-hydrogen) atoms. The van der Waals surface area contributed by atoms with Gasteiger partial charge >= 0.3 is 6.18 Å². The van der Waals surface area contributed by atoms with Gasteiger partial charge in [0, 0.05) is 12.5 Å². The molecule has 1 aliphatic rings. The smallest absolute Gasteiger partial charge is 0.380 e. The van der Waals surface area contributed by atoms with Crippen molar-refractivity contribution in [2.45, 2.75) is 31.5 Å². The van der Waals surface area contributed by atoms with Gasteiger partial charge in [-0.1, -0.05) is 6.92 Å². The van der Waals surface area contributed by atoms with E-state index in [1.807, 2.05) is 0 Å². The summed E-state index contributed by atoms with van der Waals surface area (Å²) in [7, 11) is 0. The van der Waals surface area contributed by atoms with Crippen LogP contribution in [0.3, 0.4) is 0 Å². The first-order valence-corrected chi connectivity index (χ1v) is 4.38. The maximum absolute atomic E-state index is 12.5. The Morgan fingerprint density at radius 3 is 2.62 bits per heavy atom. The SMILES string of the molecule is CC1CNCCCC1(O)C(F)(F)F. The second kappa shape index (κ2) is 3.46. The number of halogens is 3. The van der Waals surface area contributed by atoms with Crippen molar-refractivity contribution in [3.63, 3.8) is 0 Å². The Hall–Kier alpha value is -0.290. The van der Waals surface area contributed by atoms with E-state index in [1.165, 1.54) is 6.92 Å². The lowest BCUT2D eigenvalue weighted by Gasteiger charge is -2.34. The lowest BCUT2D eigenvalue weighted by atomic mass is 9.85. The van der Waals surface area contributed by atoms with Gasteiger partial charge in [-0.15, -0.1) is 0 Å². The van der Waals surface area contributed by atoms with Gasteiger partial charge in [-0.3, -0.25) is 0 Å². The number of hydrogen-bond acceptors (Lipinski definition) is 2. The molecule has 0 aliphatic carbocycles. The largest absolute Gasteiger partial charge is 0.417 e. The molecule has 0 radical (unpaired) electrons. The molecule has 0 spiro atoms. The van der Waals surface area contributed by atoms with Crippen LogP contribution in [-0.4, -0.2) is 30.0 Å². The molecule has 0 amide bonds. The summed E-state index contributed by atoms with van der Waals surface area (Å²) in [5.41, 5.74) is -2.50. The van der Waals surface area contributed by atoms with Gasteiger partial charge in [0.05, 0.1) is 0 Å². The lowest BCUT2D eigenvalue weighted by molar-refractivity contribution is -0.278. The zero-order valence-electron chi connectivity index (χ0n) is 7.49. The molecule has 0 saturated carbocycles. The Labute approximate surface area is 75.1 Å². The number of aliphatic hydroxyl groups is 1. The third-order valence-electron chi connectivity index (χ3n) is 2.67. The summed E-state index contributed by atoms with van der Waals surface area (Å²) in [4.78, 5) is 0. The maximum Gasteiger partial charge on any atom is 0.417 e. The fraction of sp³-hybridized carbons (Fsp3) is 1.00. The molecule has 0 aromatic carbocycles. The zero-order valence-corrected chi connectivity index (χ0v) is 7.49. The Balaban J connectivity index is 2.83. The third-order valence-corrected chi connectivity index (χ3v) is 2.67. The number of alkyl halides is 3. The van der Waals surface area contributed by atoms with Gasteiger partial charge in [-0.25, -0.2) is 0 Å². The quantitative estimate of drug-likeness (QED) is 0.613. The van der Waals surface area contributed by atoms with Crippen LogP contribution in [0.2, 0.25) is 0 Å². The summed E-state index contributed by atoms with van der Waals surface area (Å²) in [6.45, 7) is 2.19. The predicted molar refractivity (Wildman–Crippen MR) is 42.3 cm³/mol. The maximum atomic E-state index is 12.5. The summed E-state index contributed by atoms with van der Waals surface area (Å²) in [5, 5.41) is 12.4. The number of rotatable bonds is 0. The zero-order chi connectivity index (χ0) is 10.1. The molecule has 78 valence electrons. The monoisotopic (exact) mass is 197 g/mol. The van der Waals surface area contributed by atoms with Crippen LogP contribution in [0.15, 0.2) is 0 Å². The summed E-state index contributed by atoms with van der Waals surface area (Å²) in [6, 6.07) is 0. The van der Waals surface area contributed by atoms with E-state index in [0.717, 1.165) is 0 Å². The first-order chi connectivity index (χ1) is 5.88. The first-order valence-electron chi connectivity index (χ1n) is 4.38. The Bertz CT molecular complexity index is 183. The van der Waals surface area contributed by atoms with Crippen LogP contribution in [-0.2, 0) is 0 Å². The second-order valence-corrected chi connectivity index (χ2v) is 3.63. The van der Waals surface area contributed by atoms with E-state index in [4.69, 9.17) is 0 Å². The summed E-state index contributed by atoms with van der Waals surface area (Å²) in [6.07, 6.45) is -4.36. The molecule has 1 aliphatic heterocycles. The molecule has 1 heterocycles. The summed E-state index contributed by atoms with van der Waals surface area (Å²) in [5.74, 6) is -0.782. The predicted octanol–water partition coefficient (Wildman–Crippen LogP) is 1.30. The normalized spacial score (nSPS) is 37.2. The van der Waals surface area contributed by atoms with Crippen LogP contribution in [0.25, 0.3) is 0 Å². The van der Waals surface area contributed by atoms with Crippen LogP contribution < -0.4 is 5.32 Å². The lowest BCUT2D eigenvalue weighted by Crippen LogP contribution is -2.51. The van der Waals surface area contributed by atoms with Crippen molar-refractivity contribution in [2.75, 3.05) is 13.1 Å². The minimum atomic E-state index is -4.52. The van der Waals surface area contributed by atoms with Gasteiger partial charge in [0.15, 0.2) is 5.60 Å². The average Bonchev–Trinajstić information content (AvgIpc) is 2.14. The van der Waals surface area contributed by atoms with E-state index < -0.39 is 17.7 Å². The fourth-order valence-corrected chi connectivity index (χ4v) is 1.64. The molecule has 2 unspecified atom stereocenters. The van der Waals surface area contributed by atoms with Crippen molar-refractivity contribution in [2.24, 2.45) is 5.92 Å². The number of nitrogens with one attached hydrogen (secondary N) is 1. The van der Waals surface area contributed by atoms with E-state index >= 15 is 0 Å². The Morgan fingerprint density at radius 2 is 2.08 bits per heavy atom. The van der Waals surface area contributed by atoms with Crippen LogP contribution in [0.5, 0.6) is 0 Å². The molecular weight excluding hydrogens is 183 g/mol. The highest BCUT2D eigenvalue weighted by Crippen LogP contribution is 2.40. The van der Waals surface area contributed by atoms with Gasteiger partial charge in [0.1, 0.15) is 0 Å². The summed E-state index contributed by atoms with van der Waals surface area (Å²) >= 11 is 0. The molecular formula is C8H14F3NO. The van der Waals surface area contributed by atoms with Crippen LogP contribution in [0.4, 0.5) is 13.2 Å². The standard InChI is InChI=1S/C8H14F3NO/c1-6-5-12-4-2-3-7(6,13)8(9,10)11/h6,12-13H,2-5H2,1H3. The highest BCUT2D eigenvalue weighted by molar-refractivity contribution is 4.93. The first kappa shape index (κ1) is 10.8. The van der Waals surface area contributed by atoms with Gasteiger partial charge < -0.3 is 10.4 Å². The topological polar surface area (TPSA) is 32.3 Å². The molecule has 1 fully saturated rings. The molecule has 0 aromatic heterocycles. The molecule has 0 aromatic rings. The average molecular weight is 197 g/mol. The van der Waals surface area contributed by atoms with Crippen LogP contribution in [0, 0.1) is 5.92 Å². The van der Waals surface area contributed by atoms with Crippen molar-refractivity contribution in [1.29, 1.82) is 0 Å². The summed E-state index contributed by atoms with van der Waals surface area (Å²) < 4.78 is 37.4. The highest BCUT2D eigenvalue weighted by atomic mass is 19.4. The van der Waals surface area contributed by atoms with Crippen molar-refractivity contribution in [1.82, 2.24) is 5.32 Å². The van der Waals surface area contributed by atoms with Crippen molar-refractivity contribution in [3.8, 4) is 0 Å². The van der Waals surface area contributed by atoms with E-state index in [9.17, 15) is 18.3 Å². The molecule has 1 saturated heterocycles. The van der Waals surface area contributed by atoms with Gasteiger partial charge in [-0.05, 0) is 19.4 Å². The van der Waals surface area contributed by atoms with Crippen LogP contribution >= 0.6 is 0 Å². The minimum Gasteiger partial charge on any atom is -0.380 e. The van der Waals surface area contributed by atoms with Gasteiger partial charge in [0.25, 0.3) is 0 Å². The molecule has 0 bridgehead atoms. The minimum absolute atomic E-state index is 0.204. The fourth-order valence-electron chi connectivity index (χ4n) is 1.64. The van der Waals surface area contributed by atoms with Crippen molar-refractivity contribution < 1.29 is 18.3 Å². The van der Waals surface area contributed by atoms with E-state index in [0.29, 0.717) is 13.0 Å². The Kier molecular flexibility index (Phi) is 2.87. The van der Waals surface area contributed by atoms with Gasteiger partial charge in [0.2, 0.25) is 0 Å². The second-order valence-electron chi connectivity index (χ2n) is 3.63. The van der Waals surface area contributed by atoms with Crippen molar-refractivity contribution in [3.05, 3.63) is 0 Å². The van der Waals surface area contributed by atoms with Crippen molar-refractivity contribution >= 4 is 0 Å².